The van der Waals surface area contributed by atoms with Gasteiger partial charge in [0.15, 0.2) is 0 Å². The van der Waals surface area contributed by atoms with Crippen molar-refractivity contribution in [1.82, 2.24) is 15.0 Å². The summed E-state index contributed by atoms with van der Waals surface area (Å²) in [4.78, 5) is 12.9. The molecule has 4 nitrogen and oxygen atoms in total. The van der Waals surface area contributed by atoms with Crippen molar-refractivity contribution < 1.29 is 5.11 Å². The van der Waals surface area contributed by atoms with Gasteiger partial charge < -0.3 is 5.11 Å². The molecule has 0 aromatic carbocycles. The predicted octanol–water partition coefficient (Wildman–Crippen LogP) is 1.32. The second-order valence-electron chi connectivity index (χ2n) is 2.88. The van der Waals surface area contributed by atoms with Gasteiger partial charge in [0.05, 0.1) is 0 Å². The van der Waals surface area contributed by atoms with E-state index in [1.54, 1.807) is 18.6 Å². The van der Waals surface area contributed by atoms with Crippen LogP contribution in [0.3, 0.4) is 0 Å². The van der Waals surface area contributed by atoms with E-state index in [1.807, 2.05) is 6.92 Å². The normalized spacial score (nSPS) is 12.7. The molecule has 0 saturated heterocycles. The lowest BCUT2D eigenvalue weighted by atomic mass is 10.2. The molecule has 0 aliphatic rings. The highest BCUT2D eigenvalue weighted by Gasteiger charge is 2.13. The third kappa shape index (κ3) is 1.78. The van der Waals surface area contributed by atoms with E-state index in [4.69, 9.17) is 0 Å². The molecule has 1 unspecified atom stereocenters. The molecular weight excluding hydrogens is 198 g/mol. The van der Waals surface area contributed by atoms with E-state index in [9.17, 15) is 5.11 Å². The molecule has 0 radical (unpaired) electrons. The first-order valence-corrected chi connectivity index (χ1v) is 4.94. The minimum absolute atomic E-state index is 0.668. The van der Waals surface area contributed by atoms with Crippen molar-refractivity contribution in [2.75, 3.05) is 0 Å². The van der Waals surface area contributed by atoms with Crippen LogP contribution in [0, 0.1) is 6.92 Å². The fourth-order valence-electron chi connectivity index (χ4n) is 1.09. The van der Waals surface area contributed by atoms with Crippen molar-refractivity contribution in [3.05, 3.63) is 40.4 Å². The summed E-state index contributed by atoms with van der Waals surface area (Å²) in [6.07, 6.45) is 5.65. The number of aromatic nitrogens is 3. The van der Waals surface area contributed by atoms with E-state index < -0.39 is 6.10 Å². The number of nitrogens with zero attached hydrogens (tertiary/aromatic N) is 3. The quantitative estimate of drug-likeness (QED) is 0.807. The maximum Gasteiger partial charge on any atom is 0.133 e. The average Bonchev–Trinajstić information content (AvgIpc) is 2.65. The van der Waals surface area contributed by atoms with Gasteiger partial charge in [-0.05, 0) is 6.92 Å². The Balaban J connectivity index is 2.29. The van der Waals surface area contributed by atoms with Crippen molar-refractivity contribution in [1.29, 1.82) is 0 Å². The fraction of sp³-hybridized carbons (Fsp3) is 0.222. The molecule has 0 bridgehead atoms. The number of hydrogen-bond donors (Lipinski definition) is 1. The van der Waals surface area contributed by atoms with E-state index in [0.717, 1.165) is 4.88 Å². The third-order valence-corrected chi connectivity index (χ3v) is 2.73. The first kappa shape index (κ1) is 9.23. The molecule has 2 aromatic rings. The van der Waals surface area contributed by atoms with Crippen LogP contribution < -0.4 is 0 Å². The SMILES string of the molecule is Cc1cnc(C(O)c2cncnc2)s1. The highest BCUT2D eigenvalue weighted by molar-refractivity contribution is 7.11. The van der Waals surface area contributed by atoms with E-state index in [2.05, 4.69) is 15.0 Å². The Hall–Kier alpha value is -1.33. The van der Waals surface area contributed by atoms with Gasteiger partial charge in [-0.1, -0.05) is 0 Å². The molecule has 5 heteroatoms. The van der Waals surface area contributed by atoms with Crippen molar-refractivity contribution in [2.45, 2.75) is 13.0 Å². The predicted molar refractivity (Wildman–Crippen MR) is 52.9 cm³/mol. The number of hydrogen-bond acceptors (Lipinski definition) is 5. The summed E-state index contributed by atoms with van der Waals surface area (Å²) < 4.78 is 0. The van der Waals surface area contributed by atoms with Gasteiger partial charge in [-0.15, -0.1) is 11.3 Å². The molecule has 72 valence electrons. The van der Waals surface area contributed by atoms with E-state index in [-0.39, 0.29) is 0 Å². The van der Waals surface area contributed by atoms with E-state index in [1.165, 1.54) is 17.7 Å². The summed E-state index contributed by atoms with van der Waals surface area (Å²) in [6.45, 7) is 1.95. The minimum Gasteiger partial charge on any atom is -0.381 e. The van der Waals surface area contributed by atoms with Crippen LogP contribution in [0.1, 0.15) is 21.6 Å². The monoisotopic (exact) mass is 207 g/mol. The number of rotatable bonds is 2. The molecule has 1 N–H and O–H groups in total. The molecule has 1 atom stereocenters. The zero-order chi connectivity index (χ0) is 9.97. The van der Waals surface area contributed by atoms with Crippen LogP contribution in [0.25, 0.3) is 0 Å². The van der Waals surface area contributed by atoms with Gasteiger partial charge in [0, 0.05) is 29.0 Å². The third-order valence-electron chi connectivity index (χ3n) is 1.77. The van der Waals surface area contributed by atoms with Crippen molar-refractivity contribution in [3.8, 4) is 0 Å². The summed E-state index contributed by atoms with van der Waals surface area (Å²) in [5.74, 6) is 0. The Morgan fingerprint density at radius 2 is 2.00 bits per heavy atom. The minimum atomic E-state index is -0.713. The largest absolute Gasteiger partial charge is 0.381 e. The molecule has 0 aliphatic heterocycles. The average molecular weight is 207 g/mol. The van der Waals surface area contributed by atoms with Gasteiger partial charge in [-0.3, -0.25) is 0 Å². The topological polar surface area (TPSA) is 58.9 Å². The molecule has 2 aromatic heterocycles. The van der Waals surface area contributed by atoms with Crippen LogP contribution in [0.2, 0.25) is 0 Å². The second-order valence-corrected chi connectivity index (χ2v) is 4.15. The van der Waals surface area contributed by atoms with Crippen LogP contribution in [0.4, 0.5) is 0 Å². The van der Waals surface area contributed by atoms with Crippen LogP contribution >= 0.6 is 11.3 Å². The van der Waals surface area contributed by atoms with Gasteiger partial charge in [0.1, 0.15) is 17.4 Å². The Kier molecular flexibility index (Phi) is 2.51. The molecular formula is C9H9N3OS. The number of aryl methyl sites for hydroxylation is 1. The molecule has 0 aliphatic carbocycles. The van der Waals surface area contributed by atoms with Crippen LogP contribution in [0.15, 0.2) is 24.9 Å². The van der Waals surface area contributed by atoms with Gasteiger partial charge in [0.25, 0.3) is 0 Å². The van der Waals surface area contributed by atoms with Crippen molar-refractivity contribution in [2.24, 2.45) is 0 Å². The summed E-state index contributed by atoms with van der Waals surface area (Å²) >= 11 is 1.47. The van der Waals surface area contributed by atoms with Crippen molar-refractivity contribution in [3.63, 3.8) is 0 Å². The molecule has 0 spiro atoms. The molecule has 2 heterocycles. The second kappa shape index (κ2) is 3.81. The molecule has 0 saturated carbocycles. The molecule has 0 fully saturated rings. The maximum absolute atomic E-state index is 9.87. The Morgan fingerprint density at radius 3 is 2.57 bits per heavy atom. The van der Waals surface area contributed by atoms with E-state index >= 15 is 0 Å². The lowest BCUT2D eigenvalue weighted by molar-refractivity contribution is 0.219. The Labute approximate surface area is 85.3 Å². The summed E-state index contributed by atoms with van der Waals surface area (Å²) in [5, 5.41) is 10.6. The molecule has 14 heavy (non-hydrogen) atoms. The fourth-order valence-corrected chi connectivity index (χ4v) is 1.88. The summed E-state index contributed by atoms with van der Waals surface area (Å²) in [5.41, 5.74) is 0.668. The van der Waals surface area contributed by atoms with Gasteiger partial charge >= 0.3 is 0 Å². The maximum atomic E-state index is 9.87. The first-order valence-electron chi connectivity index (χ1n) is 4.12. The van der Waals surface area contributed by atoms with Crippen molar-refractivity contribution >= 4 is 11.3 Å². The lowest BCUT2D eigenvalue weighted by Crippen LogP contribution is -1.99. The van der Waals surface area contributed by atoms with Crippen LogP contribution in [-0.2, 0) is 0 Å². The van der Waals surface area contributed by atoms with Gasteiger partial charge in [-0.2, -0.15) is 0 Å². The molecule has 2 rings (SSSR count). The first-order chi connectivity index (χ1) is 6.77. The number of aliphatic hydroxyl groups excluding tert-OH is 1. The van der Waals surface area contributed by atoms with E-state index in [0.29, 0.717) is 10.6 Å². The standard InChI is InChI=1S/C9H9N3OS/c1-6-2-12-9(14-6)8(13)7-3-10-5-11-4-7/h2-5,8,13H,1H3. The summed E-state index contributed by atoms with van der Waals surface area (Å²) in [6, 6.07) is 0. The Bertz CT molecular complexity index is 415. The molecule has 0 amide bonds. The highest BCUT2D eigenvalue weighted by Crippen LogP contribution is 2.24. The zero-order valence-corrected chi connectivity index (χ0v) is 8.40. The number of aliphatic hydroxyl groups is 1. The van der Waals surface area contributed by atoms with Gasteiger partial charge in [0.2, 0.25) is 0 Å². The van der Waals surface area contributed by atoms with Crippen LogP contribution in [-0.4, -0.2) is 20.1 Å². The highest BCUT2D eigenvalue weighted by atomic mass is 32.1. The zero-order valence-electron chi connectivity index (χ0n) is 7.58. The van der Waals surface area contributed by atoms with Gasteiger partial charge in [-0.25, -0.2) is 15.0 Å². The smallest absolute Gasteiger partial charge is 0.133 e. The summed E-state index contributed by atoms with van der Waals surface area (Å²) in [7, 11) is 0. The Morgan fingerprint density at radius 1 is 1.29 bits per heavy atom. The number of thiazole rings is 1. The lowest BCUT2D eigenvalue weighted by Gasteiger charge is -2.05. The van der Waals surface area contributed by atoms with Crippen LogP contribution in [0.5, 0.6) is 0 Å².